The SMILES string of the molecule is CC(NC(=O)C(CC(N)=O)NC(=O)C(N)CCC(N)=O)C(=O)NC(Cc1ccc(O)cc1)C(=O)O. The maximum Gasteiger partial charge on any atom is 0.326 e. The van der Waals surface area contributed by atoms with Gasteiger partial charge in [0.15, 0.2) is 0 Å². The van der Waals surface area contributed by atoms with Gasteiger partial charge in [0.2, 0.25) is 29.5 Å². The van der Waals surface area contributed by atoms with Gasteiger partial charge in [0.25, 0.3) is 0 Å². The predicted molar refractivity (Wildman–Crippen MR) is 121 cm³/mol. The lowest BCUT2D eigenvalue weighted by Crippen LogP contribution is -2.57. The molecule has 35 heavy (non-hydrogen) atoms. The van der Waals surface area contributed by atoms with E-state index in [4.69, 9.17) is 17.2 Å². The van der Waals surface area contributed by atoms with Gasteiger partial charge in [-0.3, -0.25) is 24.0 Å². The number of carboxylic acids is 1. The molecule has 0 aliphatic carbocycles. The molecular formula is C21H30N6O8. The lowest BCUT2D eigenvalue weighted by atomic mass is 10.1. The zero-order valence-corrected chi connectivity index (χ0v) is 19.0. The molecule has 0 saturated carbocycles. The zero-order valence-electron chi connectivity index (χ0n) is 19.0. The summed E-state index contributed by atoms with van der Waals surface area (Å²) in [5.74, 6) is -5.55. The van der Waals surface area contributed by atoms with Gasteiger partial charge in [-0.05, 0) is 31.0 Å². The first-order chi connectivity index (χ1) is 16.3. The van der Waals surface area contributed by atoms with Crippen molar-refractivity contribution < 1.29 is 39.0 Å². The smallest absolute Gasteiger partial charge is 0.326 e. The minimum absolute atomic E-state index is 0.00701. The fourth-order valence-electron chi connectivity index (χ4n) is 2.86. The van der Waals surface area contributed by atoms with Crippen LogP contribution in [0.2, 0.25) is 0 Å². The highest BCUT2D eigenvalue weighted by atomic mass is 16.4. The number of primary amides is 2. The lowest BCUT2D eigenvalue weighted by molar-refractivity contribution is -0.142. The number of rotatable bonds is 14. The Morgan fingerprint density at radius 2 is 1.43 bits per heavy atom. The number of hydrogen-bond acceptors (Lipinski definition) is 8. The summed E-state index contributed by atoms with van der Waals surface area (Å²) in [4.78, 5) is 71.1. The van der Waals surface area contributed by atoms with Crippen molar-refractivity contribution in [2.75, 3.05) is 0 Å². The number of nitrogens with one attached hydrogen (secondary N) is 3. The molecule has 192 valence electrons. The molecule has 0 aromatic heterocycles. The molecule has 14 nitrogen and oxygen atoms in total. The Morgan fingerprint density at radius 3 is 1.94 bits per heavy atom. The number of phenolic OH excluding ortho intramolecular Hbond substituents is 1. The second-order valence-electron chi connectivity index (χ2n) is 7.84. The van der Waals surface area contributed by atoms with Gasteiger partial charge < -0.3 is 43.4 Å². The van der Waals surface area contributed by atoms with Crippen LogP contribution in [-0.2, 0) is 35.2 Å². The summed E-state index contributed by atoms with van der Waals surface area (Å²) in [6.07, 6.45) is -0.964. The van der Waals surface area contributed by atoms with E-state index in [0.29, 0.717) is 5.56 Å². The van der Waals surface area contributed by atoms with E-state index in [9.17, 15) is 39.0 Å². The first-order valence-corrected chi connectivity index (χ1v) is 10.5. The quantitative estimate of drug-likeness (QED) is 0.130. The van der Waals surface area contributed by atoms with Crippen LogP contribution in [0.25, 0.3) is 0 Å². The number of phenols is 1. The summed E-state index contributed by atoms with van der Waals surface area (Å²) in [5.41, 5.74) is 16.3. The Balaban J connectivity index is 2.79. The first-order valence-electron chi connectivity index (χ1n) is 10.5. The molecule has 11 N–H and O–H groups in total. The highest BCUT2D eigenvalue weighted by Crippen LogP contribution is 2.11. The van der Waals surface area contributed by atoms with Crippen LogP contribution < -0.4 is 33.2 Å². The molecule has 4 atom stereocenters. The number of carbonyl (C=O) groups excluding carboxylic acids is 5. The van der Waals surface area contributed by atoms with E-state index in [1.807, 2.05) is 0 Å². The number of hydrogen-bond donors (Lipinski definition) is 8. The molecule has 0 radical (unpaired) electrons. The van der Waals surface area contributed by atoms with Crippen LogP contribution in [0.1, 0.15) is 31.7 Å². The summed E-state index contributed by atoms with van der Waals surface area (Å²) in [7, 11) is 0. The third-order valence-electron chi connectivity index (χ3n) is 4.82. The van der Waals surface area contributed by atoms with Crippen LogP contribution in [0.5, 0.6) is 5.75 Å². The Kier molecular flexibility index (Phi) is 11.1. The van der Waals surface area contributed by atoms with Gasteiger partial charge in [0.1, 0.15) is 23.9 Å². The molecule has 0 spiro atoms. The minimum atomic E-state index is -1.47. The predicted octanol–water partition coefficient (Wildman–Crippen LogP) is -3.04. The van der Waals surface area contributed by atoms with Crippen molar-refractivity contribution in [1.29, 1.82) is 0 Å². The Labute approximate surface area is 200 Å². The number of amides is 5. The highest BCUT2D eigenvalue weighted by molar-refractivity contribution is 5.96. The summed E-state index contributed by atoms with van der Waals surface area (Å²) in [6, 6.07) is 0.472. The summed E-state index contributed by atoms with van der Waals surface area (Å²) in [5, 5.41) is 25.6. The van der Waals surface area contributed by atoms with E-state index in [0.717, 1.165) is 0 Å². The van der Waals surface area contributed by atoms with Gasteiger partial charge in [-0.1, -0.05) is 12.1 Å². The number of benzene rings is 1. The van der Waals surface area contributed by atoms with E-state index in [1.54, 1.807) is 0 Å². The number of aliphatic carboxylic acids is 1. The third-order valence-corrected chi connectivity index (χ3v) is 4.82. The molecular weight excluding hydrogens is 464 g/mol. The molecule has 1 rings (SSSR count). The van der Waals surface area contributed by atoms with Crippen molar-refractivity contribution in [3.63, 3.8) is 0 Å². The molecule has 1 aromatic rings. The van der Waals surface area contributed by atoms with E-state index in [1.165, 1.54) is 31.2 Å². The standard InChI is InChI=1S/C21H30N6O8/c1-10(18(31)27-15(21(34)35)8-11-2-4-12(28)5-3-11)25-20(33)14(9-17(24)30)26-19(32)13(22)6-7-16(23)29/h2-5,10,13-15,28H,6-9,22H2,1H3,(H2,23,29)(H2,24,30)(H,25,33)(H,26,32)(H,27,31)(H,34,35). The Morgan fingerprint density at radius 1 is 0.857 bits per heavy atom. The summed E-state index contributed by atoms with van der Waals surface area (Å²) in [6.45, 7) is 1.27. The van der Waals surface area contributed by atoms with Gasteiger partial charge in [-0.2, -0.15) is 0 Å². The zero-order chi connectivity index (χ0) is 26.7. The topological polar surface area (TPSA) is 257 Å². The molecule has 5 amide bonds. The maximum atomic E-state index is 12.6. The van der Waals surface area contributed by atoms with Crippen LogP contribution in [0, 0.1) is 0 Å². The molecule has 14 heteroatoms. The van der Waals surface area contributed by atoms with Gasteiger partial charge in [-0.25, -0.2) is 4.79 Å². The van der Waals surface area contributed by atoms with E-state index in [2.05, 4.69) is 16.0 Å². The van der Waals surface area contributed by atoms with Gasteiger partial charge in [-0.15, -0.1) is 0 Å². The van der Waals surface area contributed by atoms with Crippen molar-refractivity contribution in [2.24, 2.45) is 17.2 Å². The molecule has 4 unspecified atom stereocenters. The van der Waals surface area contributed by atoms with Crippen LogP contribution in [0.4, 0.5) is 0 Å². The molecule has 0 aliphatic heterocycles. The number of aromatic hydroxyl groups is 1. The van der Waals surface area contributed by atoms with Crippen molar-refractivity contribution in [3.05, 3.63) is 29.8 Å². The van der Waals surface area contributed by atoms with Crippen LogP contribution in [0.3, 0.4) is 0 Å². The maximum absolute atomic E-state index is 12.6. The van der Waals surface area contributed by atoms with Crippen molar-refractivity contribution >= 4 is 35.5 Å². The monoisotopic (exact) mass is 494 g/mol. The normalized spacial score (nSPS) is 14.0. The fourth-order valence-corrected chi connectivity index (χ4v) is 2.86. The Bertz CT molecular complexity index is 952. The third kappa shape index (κ3) is 10.5. The fraction of sp³-hybridized carbons (Fsp3) is 0.429. The molecule has 1 aromatic carbocycles. The summed E-state index contributed by atoms with van der Waals surface area (Å²) < 4.78 is 0. The largest absolute Gasteiger partial charge is 0.508 e. The number of carbonyl (C=O) groups is 6. The van der Waals surface area contributed by atoms with Crippen LogP contribution >= 0.6 is 0 Å². The average Bonchev–Trinajstić information content (AvgIpc) is 2.77. The molecule has 0 aliphatic rings. The van der Waals surface area contributed by atoms with Crippen molar-refractivity contribution in [3.8, 4) is 5.75 Å². The van der Waals surface area contributed by atoms with Crippen molar-refractivity contribution in [1.82, 2.24) is 16.0 Å². The lowest BCUT2D eigenvalue weighted by Gasteiger charge is -2.23. The second-order valence-corrected chi connectivity index (χ2v) is 7.84. The van der Waals surface area contributed by atoms with E-state index in [-0.39, 0.29) is 25.0 Å². The van der Waals surface area contributed by atoms with Gasteiger partial charge in [0, 0.05) is 12.8 Å². The number of carboxylic acid groups (broad SMARTS) is 1. The average molecular weight is 495 g/mol. The van der Waals surface area contributed by atoms with E-state index >= 15 is 0 Å². The molecule has 0 bridgehead atoms. The minimum Gasteiger partial charge on any atom is -0.508 e. The molecule has 0 heterocycles. The van der Waals surface area contributed by atoms with Crippen LogP contribution in [-0.4, -0.2) is 69.9 Å². The van der Waals surface area contributed by atoms with Crippen LogP contribution in [0.15, 0.2) is 24.3 Å². The van der Waals surface area contributed by atoms with E-state index < -0.39 is 66.1 Å². The second kappa shape index (κ2) is 13.5. The highest BCUT2D eigenvalue weighted by Gasteiger charge is 2.29. The van der Waals surface area contributed by atoms with Gasteiger partial charge in [0.05, 0.1) is 12.5 Å². The molecule has 0 saturated heterocycles. The summed E-state index contributed by atoms with van der Waals surface area (Å²) >= 11 is 0. The molecule has 0 fully saturated rings. The first kappa shape index (κ1) is 28.8. The number of nitrogens with two attached hydrogens (primary N) is 3. The Hall–Kier alpha value is -4.20. The van der Waals surface area contributed by atoms with Crippen molar-refractivity contribution in [2.45, 2.75) is 56.8 Å². The van der Waals surface area contributed by atoms with Gasteiger partial charge >= 0.3 is 5.97 Å².